The van der Waals surface area contributed by atoms with Crippen LogP contribution in [0.25, 0.3) is 10.2 Å². The molecule has 0 aliphatic heterocycles. The van der Waals surface area contributed by atoms with Gasteiger partial charge in [-0.2, -0.15) is 0 Å². The van der Waals surface area contributed by atoms with Gasteiger partial charge in [0.25, 0.3) is 0 Å². The van der Waals surface area contributed by atoms with Crippen molar-refractivity contribution in [1.82, 2.24) is 9.88 Å². The Labute approximate surface area is 186 Å². The molecule has 8 nitrogen and oxygen atoms in total. The summed E-state index contributed by atoms with van der Waals surface area (Å²) in [5, 5.41) is 0.329. The highest BCUT2D eigenvalue weighted by atomic mass is 32.2. The van der Waals surface area contributed by atoms with Crippen LogP contribution in [0.1, 0.15) is 0 Å². The Hall–Kier alpha value is -2.34. The van der Waals surface area contributed by atoms with Crippen LogP contribution in [-0.2, 0) is 24.5 Å². The van der Waals surface area contributed by atoms with Gasteiger partial charge >= 0.3 is 0 Å². The number of aromatic nitrogens is 1. The second-order valence-electron chi connectivity index (χ2n) is 7.32. The van der Waals surface area contributed by atoms with Crippen LogP contribution in [-0.4, -0.2) is 71.8 Å². The van der Waals surface area contributed by atoms with Gasteiger partial charge in [-0.3, -0.25) is 9.69 Å². The number of carbonyl (C=O) groups is 1. The average molecular weight is 482 g/mol. The number of rotatable bonds is 8. The second kappa shape index (κ2) is 9.03. The number of nitrogens with zero attached hydrogens (tertiary/aromatic N) is 3. The van der Waals surface area contributed by atoms with Crippen LogP contribution >= 0.6 is 11.3 Å². The number of thiazole rings is 1. The number of hydrogen-bond acceptors (Lipinski definition) is 8. The minimum atomic E-state index is -3.81. The van der Waals surface area contributed by atoms with Gasteiger partial charge in [-0.1, -0.05) is 29.5 Å². The maximum Gasteiger partial charge on any atom is 0.244 e. The first-order valence-corrected chi connectivity index (χ1v) is 13.7. The third-order valence-electron chi connectivity index (χ3n) is 4.50. The van der Waals surface area contributed by atoms with Crippen molar-refractivity contribution in [3.8, 4) is 0 Å². The molecule has 0 fully saturated rings. The highest BCUT2D eigenvalue weighted by molar-refractivity contribution is 7.92. The van der Waals surface area contributed by atoms with E-state index in [0.717, 1.165) is 17.6 Å². The third-order valence-corrected chi connectivity index (χ3v) is 8.26. The van der Waals surface area contributed by atoms with Crippen LogP contribution < -0.4 is 4.90 Å². The van der Waals surface area contributed by atoms with Crippen LogP contribution in [0.4, 0.5) is 5.13 Å². The van der Waals surface area contributed by atoms with Crippen molar-refractivity contribution in [2.24, 2.45) is 0 Å². The zero-order valence-corrected chi connectivity index (χ0v) is 19.8. The predicted molar refractivity (Wildman–Crippen MR) is 122 cm³/mol. The fourth-order valence-corrected chi connectivity index (χ4v) is 5.81. The molecule has 3 rings (SSSR count). The van der Waals surface area contributed by atoms with E-state index in [-0.39, 0.29) is 16.3 Å². The van der Waals surface area contributed by atoms with Gasteiger partial charge in [0.05, 0.1) is 20.0 Å². The molecule has 11 heteroatoms. The van der Waals surface area contributed by atoms with E-state index >= 15 is 0 Å². The molecule has 0 unspecified atom stereocenters. The predicted octanol–water partition coefficient (Wildman–Crippen LogP) is 2.07. The summed E-state index contributed by atoms with van der Waals surface area (Å²) in [6.45, 7) is 0.747. The monoisotopic (exact) mass is 481 g/mol. The Bertz CT molecular complexity index is 1300. The fourth-order valence-electron chi connectivity index (χ4n) is 2.82. The van der Waals surface area contributed by atoms with E-state index < -0.39 is 31.3 Å². The normalized spacial score (nSPS) is 12.4. The maximum absolute atomic E-state index is 13.0. The maximum atomic E-state index is 13.0. The summed E-state index contributed by atoms with van der Waals surface area (Å²) in [5.41, 5.74) is 0.543. The number of hydrogen-bond donors (Lipinski definition) is 0. The minimum Gasteiger partial charge on any atom is -0.308 e. The van der Waals surface area contributed by atoms with Crippen molar-refractivity contribution in [2.75, 3.05) is 44.1 Å². The van der Waals surface area contributed by atoms with Gasteiger partial charge in [0.2, 0.25) is 5.91 Å². The fraction of sp³-hybridized carbons (Fsp3) is 0.300. The quantitative estimate of drug-likeness (QED) is 0.485. The molecular formula is C20H23N3O5S3. The van der Waals surface area contributed by atoms with E-state index in [1.54, 1.807) is 24.3 Å². The lowest BCUT2D eigenvalue weighted by Gasteiger charge is -2.22. The summed E-state index contributed by atoms with van der Waals surface area (Å²) in [6.07, 6.45) is 1.12. The smallest absolute Gasteiger partial charge is 0.244 e. The Balaban J connectivity index is 1.96. The van der Waals surface area contributed by atoms with Crippen molar-refractivity contribution in [3.05, 3.63) is 48.5 Å². The highest BCUT2D eigenvalue weighted by Gasteiger charge is 2.26. The van der Waals surface area contributed by atoms with Crippen LogP contribution in [0.3, 0.4) is 0 Å². The Morgan fingerprint density at radius 3 is 2.26 bits per heavy atom. The number of benzene rings is 2. The number of sulfone groups is 2. The summed E-state index contributed by atoms with van der Waals surface area (Å²) in [6, 6.07) is 12.4. The van der Waals surface area contributed by atoms with Crippen molar-refractivity contribution >= 4 is 52.3 Å². The van der Waals surface area contributed by atoms with Crippen LogP contribution in [0.2, 0.25) is 0 Å². The molecule has 0 atom stereocenters. The molecule has 0 saturated heterocycles. The van der Waals surface area contributed by atoms with Gasteiger partial charge in [0.1, 0.15) is 5.75 Å². The summed E-state index contributed by atoms with van der Waals surface area (Å²) >= 11 is 1.15. The van der Waals surface area contributed by atoms with Gasteiger partial charge in [-0.05, 0) is 44.4 Å². The zero-order valence-electron chi connectivity index (χ0n) is 17.3. The van der Waals surface area contributed by atoms with Gasteiger partial charge in [-0.15, -0.1) is 0 Å². The van der Waals surface area contributed by atoms with Gasteiger partial charge < -0.3 is 4.90 Å². The van der Waals surface area contributed by atoms with Gasteiger partial charge in [-0.25, -0.2) is 21.8 Å². The summed E-state index contributed by atoms with van der Waals surface area (Å²) in [4.78, 5) is 21.0. The number of carbonyl (C=O) groups excluding carboxylic acids is 1. The zero-order chi connectivity index (χ0) is 22.8. The highest BCUT2D eigenvalue weighted by Crippen LogP contribution is 2.31. The molecule has 3 aromatic rings. The molecule has 1 aromatic heterocycles. The average Bonchev–Trinajstić information content (AvgIpc) is 3.10. The molecule has 0 bridgehead atoms. The lowest BCUT2D eigenvalue weighted by Crippen LogP contribution is -2.40. The standard InChI is InChI=1S/C20H23N3O5S3/c1-22(2)11-12-23(19(24)14-31(27,28)15-7-5-4-6-8-15)20-21-17-10-9-16(30(3,25)26)13-18(17)29-20/h4-10,13H,11-12,14H2,1-3H3. The molecule has 31 heavy (non-hydrogen) atoms. The molecule has 0 saturated carbocycles. The Kier molecular flexibility index (Phi) is 6.79. The van der Waals surface area contributed by atoms with Crippen LogP contribution in [0, 0.1) is 0 Å². The molecule has 2 aromatic carbocycles. The number of amides is 1. The SMILES string of the molecule is CN(C)CCN(C(=O)CS(=O)(=O)c1ccccc1)c1nc2ccc(S(C)(=O)=O)cc2s1. The number of likely N-dealkylation sites (N-methyl/N-ethyl adjacent to an activating group) is 1. The van der Waals surface area contributed by atoms with E-state index in [0.29, 0.717) is 21.9 Å². The second-order valence-corrected chi connectivity index (χ2v) is 12.3. The first-order valence-electron chi connectivity index (χ1n) is 9.31. The van der Waals surface area contributed by atoms with E-state index in [1.807, 2.05) is 19.0 Å². The van der Waals surface area contributed by atoms with Crippen LogP contribution in [0.15, 0.2) is 58.3 Å². The number of anilines is 1. The number of fused-ring (bicyclic) bond motifs is 1. The third kappa shape index (κ3) is 5.67. The molecular weight excluding hydrogens is 458 g/mol. The largest absolute Gasteiger partial charge is 0.308 e. The van der Waals surface area contributed by atoms with Crippen LogP contribution in [0.5, 0.6) is 0 Å². The molecule has 1 heterocycles. The Morgan fingerprint density at radius 1 is 0.968 bits per heavy atom. The molecule has 0 aliphatic rings. The molecule has 0 radical (unpaired) electrons. The lowest BCUT2D eigenvalue weighted by molar-refractivity contribution is -0.116. The van der Waals surface area contributed by atoms with E-state index in [4.69, 9.17) is 0 Å². The van der Waals surface area contributed by atoms with Gasteiger partial charge in [0, 0.05) is 19.3 Å². The topological polar surface area (TPSA) is 105 Å². The first-order chi connectivity index (χ1) is 14.5. The Morgan fingerprint density at radius 2 is 1.65 bits per heavy atom. The van der Waals surface area contributed by atoms with E-state index in [1.165, 1.54) is 29.2 Å². The van der Waals surface area contributed by atoms with E-state index in [9.17, 15) is 21.6 Å². The summed E-state index contributed by atoms with van der Waals surface area (Å²) < 4.78 is 49.7. The van der Waals surface area contributed by atoms with E-state index in [2.05, 4.69) is 4.98 Å². The van der Waals surface area contributed by atoms with Gasteiger partial charge in [0.15, 0.2) is 24.8 Å². The first kappa shape index (κ1) is 23.3. The van der Waals surface area contributed by atoms with Crippen molar-refractivity contribution < 1.29 is 21.6 Å². The van der Waals surface area contributed by atoms with Crippen molar-refractivity contribution in [2.45, 2.75) is 9.79 Å². The molecule has 1 amide bonds. The minimum absolute atomic E-state index is 0.0815. The lowest BCUT2D eigenvalue weighted by atomic mass is 10.3. The van der Waals surface area contributed by atoms with Crippen molar-refractivity contribution in [3.63, 3.8) is 0 Å². The summed E-state index contributed by atoms with van der Waals surface area (Å²) in [5.74, 6) is -1.28. The molecule has 0 aliphatic carbocycles. The summed E-state index contributed by atoms with van der Waals surface area (Å²) in [7, 11) is -3.51. The molecule has 0 spiro atoms. The van der Waals surface area contributed by atoms with Crippen molar-refractivity contribution in [1.29, 1.82) is 0 Å². The molecule has 0 N–H and O–H groups in total. The molecule has 166 valence electrons.